The Morgan fingerprint density at radius 2 is 1.89 bits per heavy atom. The first-order valence-electron chi connectivity index (χ1n) is 5.85. The topological polar surface area (TPSA) is 30.2 Å². The van der Waals surface area contributed by atoms with Crippen molar-refractivity contribution >= 4 is 23.5 Å². The molecule has 1 aromatic carbocycles. The highest BCUT2D eigenvalue weighted by molar-refractivity contribution is 6.30. The Morgan fingerprint density at radius 1 is 1.16 bits per heavy atom. The Balaban J connectivity index is 2.06. The number of benzene rings is 1. The van der Waals surface area contributed by atoms with E-state index >= 15 is 0 Å². The van der Waals surface area contributed by atoms with Crippen molar-refractivity contribution in [1.82, 2.24) is 0 Å². The lowest BCUT2D eigenvalue weighted by atomic mass is 10.1. The van der Waals surface area contributed by atoms with Crippen molar-refractivity contribution in [3.05, 3.63) is 76.7 Å². The minimum Gasteiger partial charge on any atom is -0.465 e. The van der Waals surface area contributed by atoms with E-state index in [1.807, 2.05) is 25.1 Å². The molecule has 0 atom stereocenters. The third-order valence-corrected chi connectivity index (χ3v) is 2.79. The molecule has 0 saturated heterocycles. The van der Waals surface area contributed by atoms with Gasteiger partial charge < -0.3 is 4.42 Å². The quantitative estimate of drug-likeness (QED) is 0.456. The highest BCUT2D eigenvalue weighted by Gasteiger charge is 2.00. The fourth-order valence-corrected chi connectivity index (χ4v) is 1.69. The highest BCUT2D eigenvalue weighted by Crippen LogP contribution is 2.12. The zero-order valence-electron chi connectivity index (χ0n) is 10.5. The van der Waals surface area contributed by atoms with E-state index in [1.165, 1.54) is 6.08 Å². The largest absolute Gasteiger partial charge is 0.465 e. The van der Waals surface area contributed by atoms with Crippen molar-refractivity contribution in [2.24, 2.45) is 0 Å². The molecule has 0 bridgehead atoms. The Morgan fingerprint density at radius 3 is 2.53 bits per heavy atom. The van der Waals surface area contributed by atoms with Gasteiger partial charge in [-0.25, -0.2) is 0 Å². The molecule has 0 aliphatic heterocycles. The summed E-state index contributed by atoms with van der Waals surface area (Å²) >= 11 is 5.77. The molecule has 19 heavy (non-hydrogen) atoms. The Kier molecular flexibility index (Phi) is 4.37. The SMILES string of the molecule is CC(/C=C/C(=O)c1ccc(Cl)cc1)=C\c1ccco1. The molecule has 0 aliphatic carbocycles. The fraction of sp³-hybridized carbons (Fsp3) is 0.0625. The van der Waals surface area contributed by atoms with Crippen LogP contribution in [-0.2, 0) is 0 Å². The summed E-state index contributed by atoms with van der Waals surface area (Å²) in [5.74, 6) is 0.713. The van der Waals surface area contributed by atoms with Crippen LogP contribution >= 0.6 is 11.6 Å². The molecule has 2 nitrogen and oxygen atoms in total. The van der Waals surface area contributed by atoms with Crippen LogP contribution in [0.15, 0.2) is 64.8 Å². The van der Waals surface area contributed by atoms with Gasteiger partial charge in [-0.05, 0) is 61.0 Å². The van der Waals surface area contributed by atoms with Gasteiger partial charge in [-0.15, -0.1) is 0 Å². The summed E-state index contributed by atoms with van der Waals surface area (Å²) in [5, 5.41) is 0.620. The summed E-state index contributed by atoms with van der Waals surface area (Å²) in [4.78, 5) is 11.9. The maximum atomic E-state index is 11.9. The van der Waals surface area contributed by atoms with Crippen LogP contribution in [0.2, 0.25) is 5.02 Å². The minimum atomic E-state index is -0.0520. The first-order chi connectivity index (χ1) is 9.15. The van der Waals surface area contributed by atoms with Gasteiger partial charge in [-0.1, -0.05) is 17.7 Å². The van der Waals surface area contributed by atoms with Gasteiger partial charge in [0.05, 0.1) is 6.26 Å². The number of rotatable bonds is 4. The van der Waals surface area contributed by atoms with Crippen molar-refractivity contribution in [1.29, 1.82) is 0 Å². The second-order valence-corrected chi connectivity index (χ2v) is 4.54. The van der Waals surface area contributed by atoms with Crippen LogP contribution in [0.25, 0.3) is 6.08 Å². The lowest BCUT2D eigenvalue weighted by Crippen LogP contribution is -1.93. The molecule has 0 radical (unpaired) electrons. The zero-order chi connectivity index (χ0) is 13.7. The molecule has 3 heteroatoms. The molecule has 1 heterocycles. The number of carbonyl (C=O) groups excluding carboxylic acids is 1. The van der Waals surface area contributed by atoms with Gasteiger partial charge in [-0.2, -0.15) is 0 Å². The van der Waals surface area contributed by atoms with E-state index < -0.39 is 0 Å². The third-order valence-electron chi connectivity index (χ3n) is 2.54. The van der Waals surface area contributed by atoms with Crippen LogP contribution in [0.1, 0.15) is 23.0 Å². The van der Waals surface area contributed by atoms with E-state index in [4.69, 9.17) is 16.0 Å². The molecule has 2 rings (SSSR count). The first kappa shape index (κ1) is 13.4. The zero-order valence-corrected chi connectivity index (χ0v) is 11.2. The molecule has 96 valence electrons. The monoisotopic (exact) mass is 272 g/mol. The van der Waals surface area contributed by atoms with Gasteiger partial charge in [0.1, 0.15) is 5.76 Å². The van der Waals surface area contributed by atoms with Crippen LogP contribution in [0.5, 0.6) is 0 Å². The summed E-state index contributed by atoms with van der Waals surface area (Å²) in [6.07, 6.45) is 6.78. The summed E-state index contributed by atoms with van der Waals surface area (Å²) in [5.41, 5.74) is 1.56. The molecular weight excluding hydrogens is 260 g/mol. The number of furan rings is 1. The highest BCUT2D eigenvalue weighted by atomic mass is 35.5. The summed E-state index contributed by atoms with van der Waals surface area (Å²) in [6.45, 7) is 1.91. The average molecular weight is 273 g/mol. The predicted octanol–water partition coefficient (Wildman–Crippen LogP) is 4.78. The molecule has 0 aliphatic rings. The lowest BCUT2D eigenvalue weighted by Gasteiger charge is -1.96. The summed E-state index contributed by atoms with van der Waals surface area (Å²) < 4.78 is 5.20. The van der Waals surface area contributed by atoms with Crippen LogP contribution in [-0.4, -0.2) is 5.78 Å². The van der Waals surface area contributed by atoms with Crippen molar-refractivity contribution in [3.8, 4) is 0 Å². The fourth-order valence-electron chi connectivity index (χ4n) is 1.56. The van der Waals surface area contributed by atoms with E-state index in [2.05, 4.69) is 0 Å². The number of hydrogen-bond acceptors (Lipinski definition) is 2. The van der Waals surface area contributed by atoms with Gasteiger partial charge >= 0.3 is 0 Å². The van der Waals surface area contributed by atoms with E-state index in [-0.39, 0.29) is 5.78 Å². The van der Waals surface area contributed by atoms with Crippen LogP contribution in [0.3, 0.4) is 0 Å². The Labute approximate surface area is 117 Å². The van der Waals surface area contributed by atoms with Gasteiger partial charge in [0.15, 0.2) is 5.78 Å². The van der Waals surface area contributed by atoms with E-state index in [9.17, 15) is 4.79 Å². The molecule has 0 N–H and O–H groups in total. The third kappa shape index (κ3) is 3.97. The normalized spacial score (nSPS) is 12.0. The standard InChI is InChI=1S/C16H13ClO2/c1-12(11-15-3-2-10-19-15)4-9-16(18)13-5-7-14(17)8-6-13/h2-11H,1H3/b9-4+,12-11+. The number of hydrogen-bond donors (Lipinski definition) is 0. The lowest BCUT2D eigenvalue weighted by molar-refractivity contribution is 0.104. The van der Waals surface area contributed by atoms with E-state index in [0.29, 0.717) is 10.6 Å². The van der Waals surface area contributed by atoms with Crippen molar-refractivity contribution in [2.45, 2.75) is 6.92 Å². The second kappa shape index (κ2) is 6.21. The van der Waals surface area contributed by atoms with Gasteiger partial charge in [-0.3, -0.25) is 4.79 Å². The smallest absolute Gasteiger partial charge is 0.185 e. The molecule has 0 amide bonds. The molecular formula is C16H13ClO2. The minimum absolute atomic E-state index is 0.0520. The molecule has 2 aromatic rings. The van der Waals surface area contributed by atoms with Crippen molar-refractivity contribution in [2.75, 3.05) is 0 Å². The van der Waals surface area contributed by atoms with Gasteiger partial charge in [0.25, 0.3) is 0 Å². The van der Waals surface area contributed by atoms with E-state index in [1.54, 1.807) is 36.6 Å². The maximum absolute atomic E-state index is 11.9. The van der Waals surface area contributed by atoms with Crippen LogP contribution < -0.4 is 0 Å². The maximum Gasteiger partial charge on any atom is 0.185 e. The molecule has 1 aromatic heterocycles. The van der Waals surface area contributed by atoms with Crippen LogP contribution in [0.4, 0.5) is 0 Å². The Hall–Kier alpha value is -2.06. The van der Waals surface area contributed by atoms with Crippen LogP contribution in [0, 0.1) is 0 Å². The molecule has 0 unspecified atom stereocenters. The summed E-state index contributed by atoms with van der Waals surface area (Å²) in [6, 6.07) is 10.5. The number of halogens is 1. The van der Waals surface area contributed by atoms with Crippen molar-refractivity contribution < 1.29 is 9.21 Å². The molecule has 0 fully saturated rings. The molecule has 0 spiro atoms. The van der Waals surface area contributed by atoms with Gasteiger partial charge in [0, 0.05) is 10.6 Å². The average Bonchev–Trinajstić information content (AvgIpc) is 2.89. The van der Waals surface area contributed by atoms with Gasteiger partial charge in [0.2, 0.25) is 0 Å². The number of carbonyl (C=O) groups is 1. The number of allylic oxidation sites excluding steroid dienone is 3. The number of ketones is 1. The second-order valence-electron chi connectivity index (χ2n) is 4.11. The van der Waals surface area contributed by atoms with E-state index in [0.717, 1.165) is 11.3 Å². The summed E-state index contributed by atoms with van der Waals surface area (Å²) in [7, 11) is 0. The van der Waals surface area contributed by atoms with Crippen molar-refractivity contribution in [3.63, 3.8) is 0 Å². The predicted molar refractivity (Wildman–Crippen MR) is 77.3 cm³/mol. The molecule has 0 saturated carbocycles. The first-order valence-corrected chi connectivity index (χ1v) is 6.23. The Bertz CT molecular complexity index is 605.